The number of anilines is 1. The molecule has 2 aromatic heterocycles. The summed E-state index contributed by atoms with van der Waals surface area (Å²) < 4.78 is 28.8. The molecule has 0 fully saturated rings. The first-order valence-corrected chi connectivity index (χ1v) is 14.1. The molecule has 0 spiro atoms. The smallest absolute Gasteiger partial charge is 0.337 e. The number of aliphatic carboxylic acids is 1. The van der Waals surface area contributed by atoms with Crippen LogP contribution < -0.4 is 10.1 Å². The van der Waals surface area contributed by atoms with Crippen LogP contribution in [0.15, 0.2) is 42.5 Å². The molecule has 0 amide bonds. The molecule has 41 heavy (non-hydrogen) atoms. The summed E-state index contributed by atoms with van der Waals surface area (Å²) >= 11 is 0. The second kappa shape index (κ2) is 11.5. The minimum Gasteiger partial charge on any atom is -0.490 e. The Kier molecular flexibility index (Phi) is 8.00. The molecule has 216 valence electrons. The monoisotopic (exact) mass is 560 g/mol. The molecule has 8 nitrogen and oxygen atoms in total. The van der Waals surface area contributed by atoms with E-state index in [1.54, 1.807) is 32.2 Å². The zero-order valence-electron chi connectivity index (χ0n) is 24.3. The van der Waals surface area contributed by atoms with Gasteiger partial charge in [-0.2, -0.15) is 0 Å². The fraction of sp³-hybridized carbons (Fsp3) is 0.406. The zero-order valence-corrected chi connectivity index (χ0v) is 24.3. The summed E-state index contributed by atoms with van der Waals surface area (Å²) in [6.07, 6.45) is 1.93. The van der Waals surface area contributed by atoms with Crippen LogP contribution >= 0.6 is 0 Å². The summed E-state index contributed by atoms with van der Waals surface area (Å²) in [5.74, 6) is -0.769. The maximum absolute atomic E-state index is 15.5. The number of aromatic nitrogens is 3. The van der Waals surface area contributed by atoms with Crippen molar-refractivity contribution in [1.82, 2.24) is 14.6 Å². The Hall–Kier alpha value is -3.98. The van der Waals surface area contributed by atoms with E-state index in [1.165, 1.54) is 11.6 Å². The summed E-state index contributed by atoms with van der Waals surface area (Å²) in [6, 6.07) is 13.5. The summed E-state index contributed by atoms with van der Waals surface area (Å²) in [7, 11) is 0. The first kappa shape index (κ1) is 28.5. The molecule has 1 aliphatic heterocycles. The van der Waals surface area contributed by atoms with Crippen molar-refractivity contribution in [2.45, 2.75) is 72.0 Å². The third kappa shape index (κ3) is 6.05. The normalized spacial score (nSPS) is 14.0. The van der Waals surface area contributed by atoms with Gasteiger partial charge in [-0.25, -0.2) is 18.7 Å². The van der Waals surface area contributed by atoms with E-state index < -0.39 is 23.5 Å². The molecule has 0 saturated carbocycles. The van der Waals surface area contributed by atoms with Crippen molar-refractivity contribution < 1.29 is 23.8 Å². The largest absolute Gasteiger partial charge is 0.490 e. The number of carbonyl (C=O) groups is 1. The number of benzene rings is 2. The van der Waals surface area contributed by atoms with E-state index in [2.05, 4.69) is 17.4 Å². The predicted octanol–water partition coefficient (Wildman–Crippen LogP) is 6.46. The van der Waals surface area contributed by atoms with Crippen molar-refractivity contribution in [3.05, 3.63) is 76.2 Å². The van der Waals surface area contributed by atoms with Crippen molar-refractivity contribution >= 4 is 17.4 Å². The molecule has 0 saturated heterocycles. The Labute approximate surface area is 239 Å². The number of ether oxygens (including phenoxy) is 2. The number of fused-ring (bicyclic) bond motifs is 2. The number of nitrogens with one attached hydrogen (secondary N) is 1. The summed E-state index contributed by atoms with van der Waals surface area (Å²) in [6.45, 7) is 10.2. The highest BCUT2D eigenvalue weighted by atomic mass is 19.1. The molecule has 1 aliphatic rings. The molecular weight excluding hydrogens is 523 g/mol. The minimum atomic E-state index is -1.34. The molecule has 2 N–H and O–H groups in total. The number of carboxylic acid groups (broad SMARTS) is 1. The molecule has 5 rings (SSSR count). The highest BCUT2D eigenvalue weighted by Gasteiger charge is 2.34. The van der Waals surface area contributed by atoms with Gasteiger partial charge in [0.25, 0.3) is 0 Å². The molecule has 9 heteroatoms. The van der Waals surface area contributed by atoms with Gasteiger partial charge in [-0.15, -0.1) is 5.10 Å². The lowest BCUT2D eigenvalue weighted by atomic mass is 9.91. The lowest BCUT2D eigenvalue weighted by Gasteiger charge is -2.28. The van der Waals surface area contributed by atoms with Gasteiger partial charge in [0.15, 0.2) is 29.1 Å². The van der Waals surface area contributed by atoms with Gasteiger partial charge in [-0.05, 0) is 77.5 Å². The number of carboxylic acids is 1. The lowest BCUT2D eigenvalue weighted by molar-refractivity contribution is -0.160. The Morgan fingerprint density at radius 2 is 1.98 bits per heavy atom. The van der Waals surface area contributed by atoms with E-state index in [0.717, 1.165) is 30.4 Å². The molecule has 0 aliphatic carbocycles. The number of hydrogen-bond acceptors (Lipinski definition) is 6. The molecule has 4 aromatic rings. The van der Waals surface area contributed by atoms with Crippen LogP contribution in [0.5, 0.6) is 5.75 Å². The number of nitrogens with zero attached hydrogens (tertiary/aromatic N) is 3. The van der Waals surface area contributed by atoms with Crippen LogP contribution in [0.25, 0.3) is 16.9 Å². The van der Waals surface area contributed by atoms with E-state index in [0.29, 0.717) is 53.6 Å². The quantitative estimate of drug-likeness (QED) is 0.227. The van der Waals surface area contributed by atoms with Crippen LogP contribution in [0.2, 0.25) is 0 Å². The third-order valence-corrected chi connectivity index (χ3v) is 7.27. The Balaban J connectivity index is 1.63. The SMILES string of the molecule is Cc1nc2cc(NCCCc3ccccc3)nn2c(-c2cc(F)c3c(c2C)CCCO3)c1[C@H](OC(C)(C)C)C(=O)O. The van der Waals surface area contributed by atoms with Crippen molar-refractivity contribution in [3.8, 4) is 17.0 Å². The molecule has 0 unspecified atom stereocenters. The van der Waals surface area contributed by atoms with Crippen molar-refractivity contribution in [2.75, 3.05) is 18.5 Å². The van der Waals surface area contributed by atoms with Gasteiger partial charge in [0, 0.05) is 35.0 Å². The van der Waals surface area contributed by atoms with Crippen LogP contribution in [-0.2, 0) is 22.4 Å². The highest BCUT2D eigenvalue weighted by Crippen LogP contribution is 2.41. The molecule has 0 bridgehead atoms. The second-order valence-corrected chi connectivity index (χ2v) is 11.5. The molecule has 3 heterocycles. The summed E-state index contributed by atoms with van der Waals surface area (Å²) in [5.41, 5.74) is 4.46. The fourth-order valence-corrected chi connectivity index (χ4v) is 5.44. The Morgan fingerprint density at radius 1 is 1.22 bits per heavy atom. The van der Waals surface area contributed by atoms with E-state index in [1.807, 2.05) is 31.2 Å². The molecular formula is C32H37FN4O4. The van der Waals surface area contributed by atoms with E-state index in [4.69, 9.17) is 19.6 Å². The van der Waals surface area contributed by atoms with Gasteiger partial charge in [-0.3, -0.25) is 0 Å². The van der Waals surface area contributed by atoms with Gasteiger partial charge in [0.05, 0.1) is 17.9 Å². The van der Waals surface area contributed by atoms with Gasteiger partial charge in [-0.1, -0.05) is 30.3 Å². The average molecular weight is 561 g/mol. The summed E-state index contributed by atoms with van der Waals surface area (Å²) in [5, 5.41) is 18.5. The molecule has 1 atom stereocenters. The number of hydrogen-bond donors (Lipinski definition) is 2. The van der Waals surface area contributed by atoms with Crippen LogP contribution in [0.3, 0.4) is 0 Å². The summed E-state index contributed by atoms with van der Waals surface area (Å²) in [4.78, 5) is 17.4. The maximum Gasteiger partial charge on any atom is 0.337 e. The van der Waals surface area contributed by atoms with Gasteiger partial charge >= 0.3 is 5.97 Å². The van der Waals surface area contributed by atoms with Gasteiger partial charge in [0.1, 0.15) is 0 Å². The number of rotatable bonds is 9. The van der Waals surface area contributed by atoms with Crippen LogP contribution in [-0.4, -0.2) is 44.4 Å². The standard InChI is InChI=1S/C32H37FN4O4/c1-19-22-14-10-16-40-29(22)24(33)17-23(19)28-27(30(31(38)39)41-32(3,4)5)20(2)35-26-18-25(36-37(26)28)34-15-9-13-21-11-7-6-8-12-21/h6-8,11-12,17-18,30H,9-10,13-16H2,1-5H3,(H,34,36)(H,38,39)/t30-/m0/s1. The Morgan fingerprint density at radius 3 is 2.68 bits per heavy atom. The predicted molar refractivity (Wildman–Crippen MR) is 156 cm³/mol. The average Bonchev–Trinajstić information content (AvgIpc) is 3.33. The van der Waals surface area contributed by atoms with Crippen molar-refractivity contribution in [3.63, 3.8) is 0 Å². The van der Waals surface area contributed by atoms with E-state index in [9.17, 15) is 9.90 Å². The van der Waals surface area contributed by atoms with Crippen LogP contribution in [0, 0.1) is 19.7 Å². The van der Waals surface area contributed by atoms with Crippen molar-refractivity contribution in [1.29, 1.82) is 0 Å². The van der Waals surface area contributed by atoms with Gasteiger partial charge in [0.2, 0.25) is 0 Å². The van der Waals surface area contributed by atoms with Crippen molar-refractivity contribution in [2.24, 2.45) is 0 Å². The first-order chi connectivity index (χ1) is 19.5. The second-order valence-electron chi connectivity index (χ2n) is 11.5. The minimum absolute atomic E-state index is 0.267. The number of halogens is 1. The zero-order chi connectivity index (χ0) is 29.3. The molecule has 0 radical (unpaired) electrons. The van der Waals surface area contributed by atoms with Crippen LogP contribution in [0.4, 0.5) is 10.2 Å². The van der Waals surface area contributed by atoms with E-state index in [-0.39, 0.29) is 5.75 Å². The third-order valence-electron chi connectivity index (χ3n) is 7.27. The van der Waals surface area contributed by atoms with Gasteiger partial charge < -0.3 is 19.9 Å². The fourth-order valence-electron chi connectivity index (χ4n) is 5.44. The lowest BCUT2D eigenvalue weighted by Crippen LogP contribution is -2.29. The van der Waals surface area contributed by atoms with E-state index >= 15 is 4.39 Å². The maximum atomic E-state index is 15.5. The topological polar surface area (TPSA) is 98.0 Å². The Bertz CT molecular complexity index is 1580. The molecule has 2 aromatic carbocycles. The first-order valence-electron chi connectivity index (χ1n) is 14.1. The van der Waals surface area contributed by atoms with Crippen LogP contribution in [0.1, 0.15) is 67.7 Å². The number of aryl methyl sites for hydroxylation is 2. The highest BCUT2D eigenvalue weighted by molar-refractivity contribution is 5.82.